The maximum atomic E-state index is 12.9. The van der Waals surface area contributed by atoms with Crippen LogP contribution in [0.2, 0.25) is 0 Å². The zero-order valence-corrected chi connectivity index (χ0v) is 18.0. The molecule has 0 bridgehead atoms. The number of anilines is 1. The van der Waals surface area contributed by atoms with Crippen molar-refractivity contribution < 1.29 is 14.3 Å². The van der Waals surface area contributed by atoms with Gasteiger partial charge in [-0.25, -0.2) is 4.99 Å². The molecule has 0 fully saturated rings. The van der Waals surface area contributed by atoms with Gasteiger partial charge in [0.15, 0.2) is 0 Å². The Labute approximate surface area is 192 Å². The highest BCUT2D eigenvalue weighted by atomic mass is 16.5. The molecule has 2 heterocycles. The van der Waals surface area contributed by atoms with Gasteiger partial charge in [0.1, 0.15) is 17.5 Å². The summed E-state index contributed by atoms with van der Waals surface area (Å²) in [6.07, 6.45) is 0.897. The Balaban J connectivity index is 1.25. The summed E-state index contributed by atoms with van der Waals surface area (Å²) < 4.78 is 5.78. The van der Waals surface area contributed by atoms with Gasteiger partial charge in [-0.3, -0.25) is 14.9 Å². The molecule has 0 saturated carbocycles. The van der Waals surface area contributed by atoms with Gasteiger partial charge in [0.05, 0.1) is 6.42 Å². The summed E-state index contributed by atoms with van der Waals surface area (Å²) in [5.74, 6) is 1.36. The van der Waals surface area contributed by atoms with Crippen LogP contribution in [-0.4, -0.2) is 35.3 Å². The predicted molar refractivity (Wildman–Crippen MR) is 126 cm³/mol. The Hall–Kier alpha value is -4.13. The number of nitrogens with one attached hydrogen (secondary N) is 2. The average Bonchev–Trinajstić information content (AvgIpc) is 2.85. The highest BCUT2D eigenvalue weighted by Crippen LogP contribution is 2.23. The molecule has 0 aliphatic carbocycles. The van der Waals surface area contributed by atoms with Crippen molar-refractivity contribution in [1.29, 1.82) is 0 Å². The average molecular weight is 441 g/mol. The maximum absolute atomic E-state index is 12.9. The molecule has 3 aromatic carbocycles. The maximum Gasteiger partial charge on any atom is 0.249 e. The normalized spacial score (nSPS) is 17.5. The zero-order valence-electron chi connectivity index (χ0n) is 18.0. The van der Waals surface area contributed by atoms with Crippen LogP contribution in [0.1, 0.15) is 17.5 Å². The van der Waals surface area contributed by atoms with Gasteiger partial charge in [-0.15, -0.1) is 0 Å². The molecule has 3 aromatic rings. The number of carbonyl (C=O) groups is 2. The fraction of sp³-hybridized carbons (Fsp3) is 0.192. The second-order valence-electron chi connectivity index (χ2n) is 8.09. The summed E-state index contributed by atoms with van der Waals surface area (Å²) in [6.45, 7) is 1.40. The zero-order chi connectivity index (χ0) is 22.6. The molecule has 0 radical (unpaired) electrons. The largest absolute Gasteiger partial charge is 0.457 e. The highest BCUT2D eigenvalue weighted by molar-refractivity contribution is 6.06. The Morgan fingerprint density at radius 2 is 1.64 bits per heavy atom. The number of hydrogen-bond acceptors (Lipinski definition) is 5. The van der Waals surface area contributed by atoms with Crippen molar-refractivity contribution in [3.63, 3.8) is 0 Å². The van der Waals surface area contributed by atoms with Crippen molar-refractivity contribution in [2.45, 2.75) is 25.4 Å². The molecule has 2 amide bonds. The first-order valence-corrected chi connectivity index (χ1v) is 11.0. The lowest BCUT2D eigenvalue weighted by molar-refractivity contribution is -0.125. The highest BCUT2D eigenvalue weighted by Gasteiger charge is 2.30. The van der Waals surface area contributed by atoms with Gasteiger partial charge in [0.25, 0.3) is 0 Å². The molecule has 5 rings (SSSR count). The first-order chi connectivity index (χ1) is 16.1. The molecular weight excluding hydrogens is 416 g/mol. The van der Waals surface area contributed by atoms with Crippen molar-refractivity contribution in [1.82, 2.24) is 10.2 Å². The van der Waals surface area contributed by atoms with Crippen molar-refractivity contribution in [2.24, 2.45) is 4.99 Å². The molecule has 0 spiro atoms. The van der Waals surface area contributed by atoms with Crippen LogP contribution in [0.5, 0.6) is 11.5 Å². The van der Waals surface area contributed by atoms with E-state index in [9.17, 15) is 9.59 Å². The minimum Gasteiger partial charge on any atom is -0.457 e. The lowest BCUT2D eigenvalue weighted by atomic mass is 10.00. The molecule has 1 unspecified atom stereocenters. The van der Waals surface area contributed by atoms with Gasteiger partial charge in [-0.1, -0.05) is 42.5 Å². The van der Waals surface area contributed by atoms with Gasteiger partial charge in [0, 0.05) is 18.8 Å². The number of nitrogens with zero attached hydrogens (tertiary/aromatic N) is 2. The Morgan fingerprint density at radius 3 is 2.42 bits per heavy atom. The number of carbonyl (C=O) groups excluding carboxylic acids is 2. The standard InChI is InChI=1S/C26H24N4O3/c31-24-16-23(28-26(29-24)30-15-14-18-6-4-5-7-19(18)17-30)25(32)27-20-10-12-22(13-11-20)33-21-8-2-1-3-9-21/h1-13,23H,14-17H2,(H,27,32)(H,28,29,31). The fourth-order valence-corrected chi connectivity index (χ4v) is 4.02. The number of rotatable bonds is 4. The van der Waals surface area contributed by atoms with E-state index in [4.69, 9.17) is 4.74 Å². The number of para-hydroxylation sites is 1. The molecule has 2 aliphatic rings. The molecule has 7 nitrogen and oxygen atoms in total. The summed E-state index contributed by atoms with van der Waals surface area (Å²) >= 11 is 0. The van der Waals surface area contributed by atoms with E-state index >= 15 is 0 Å². The molecule has 0 aromatic heterocycles. The quantitative estimate of drug-likeness (QED) is 0.648. The third-order valence-electron chi connectivity index (χ3n) is 5.74. The van der Waals surface area contributed by atoms with Crippen LogP contribution in [0, 0.1) is 0 Å². The van der Waals surface area contributed by atoms with Crippen LogP contribution in [0.3, 0.4) is 0 Å². The van der Waals surface area contributed by atoms with E-state index in [0.717, 1.165) is 18.7 Å². The first-order valence-electron chi connectivity index (χ1n) is 11.0. The van der Waals surface area contributed by atoms with Crippen LogP contribution in [0.4, 0.5) is 5.69 Å². The monoisotopic (exact) mass is 440 g/mol. The minimum atomic E-state index is -0.772. The van der Waals surface area contributed by atoms with E-state index < -0.39 is 6.04 Å². The fourth-order valence-electron chi connectivity index (χ4n) is 4.02. The number of hydrogen-bond donors (Lipinski definition) is 2. The van der Waals surface area contributed by atoms with E-state index in [1.54, 1.807) is 24.3 Å². The van der Waals surface area contributed by atoms with Crippen LogP contribution in [0.15, 0.2) is 83.9 Å². The summed E-state index contributed by atoms with van der Waals surface area (Å²) in [7, 11) is 0. The van der Waals surface area contributed by atoms with Crippen molar-refractivity contribution in [3.8, 4) is 11.5 Å². The minimum absolute atomic E-state index is 0.0228. The van der Waals surface area contributed by atoms with Crippen LogP contribution < -0.4 is 15.4 Å². The van der Waals surface area contributed by atoms with E-state index in [1.807, 2.05) is 47.4 Å². The van der Waals surface area contributed by atoms with Gasteiger partial charge >= 0.3 is 0 Å². The van der Waals surface area contributed by atoms with E-state index in [-0.39, 0.29) is 18.2 Å². The molecule has 1 atom stereocenters. The number of guanidine groups is 1. The smallest absolute Gasteiger partial charge is 0.249 e. The van der Waals surface area contributed by atoms with Gasteiger partial charge in [-0.05, 0) is 53.9 Å². The number of benzene rings is 3. The van der Waals surface area contributed by atoms with Crippen molar-refractivity contribution in [2.75, 3.05) is 11.9 Å². The van der Waals surface area contributed by atoms with Gasteiger partial charge in [0.2, 0.25) is 17.8 Å². The lowest BCUT2D eigenvalue weighted by Crippen LogP contribution is -2.51. The summed E-state index contributed by atoms with van der Waals surface area (Å²) in [5, 5.41) is 5.70. The van der Waals surface area contributed by atoms with E-state index in [1.165, 1.54) is 11.1 Å². The van der Waals surface area contributed by atoms with Crippen molar-refractivity contribution >= 4 is 23.5 Å². The third-order valence-corrected chi connectivity index (χ3v) is 5.74. The van der Waals surface area contributed by atoms with Gasteiger partial charge < -0.3 is 15.0 Å². The van der Waals surface area contributed by atoms with Crippen LogP contribution in [0.25, 0.3) is 0 Å². The van der Waals surface area contributed by atoms with Crippen LogP contribution >= 0.6 is 0 Å². The molecule has 166 valence electrons. The second kappa shape index (κ2) is 9.16. The molecule has 0 saturated heterocycles. The summed E-state index contributed by atoms with van der Waals surface area (Å²) in [6, 6.07) is 24.1. The SMILES string of the molecule is O=C1CC(C(=O)Nc2ccc(Oc3ccccc3)cc2)N=C(N2CCc3ccccc3C2)N1. The Kier molecular flexibility index (Phi) is 5.76. The number of amides is 2. The van der Waals surface area contributed by atoms with Gasteiger partial charge in [-0.2, -0.15) is 0 Å². The Morgan fingerprint density at radius 1 is 0.939 bits per heavy atom. The number of ether oxygens (including phenoxy) is 1. The molecular formula is C26H24N4O3. The third kappa shape index (κ3) is 4.87. The molecule has 33 heavy (non-hydrogen) atoms. The second-order valence-corrected chi connectivity index (χ2v) is 8.09. The van der Waals surface area contributed by atoms with E-state index in [2.05, 4.69) is 27.8 Å². The lowest BCUT2D eigenvalue weighted by Gasteiger charge is -2.33. The molecule has 7 heteroatoms. The Bertz CT molecular complexity index is 1190. The molecule has 2 aliphatic heterocycles. The topological polar surface area (TPSA) is 83.0 Å². The summed E-state index contributed by atoms with van der Waals surface area (Å²) in [5.41, 5.74) is 3.14. The molecule has 2 N–H and O–H groups in total. The number of aliphatic imine (C=N–C) groups is 1. The predicted octanol–water partition coefficient (Wildman–Crippen LogP) is 3.72. The van der Waals surface area contributed by atoms with Crippen molar-refractivity contribution in [3.05, 3.63) is 90.0 Å². The van der Waals surface area contributed by atoms with E-state index in [0.29, 0.717) is 23.9 Å². The first kappa shape index (κ1) is 20.8. The number of fused-ring (bicyclic) bond motifs is 1. The van der Waals surface area contributed by atoms with Crippen LogP contribution in [-0.2, 0) is 22.6 Å². The summed E-state index contributed by atoms with van der Waals surface area (Å²) in [4.78, 5) is 31.8.